The number of nitrogens with two attached hydrogens (primary N) is 1. The zero-order valence-corrected chi connectivity index (χ0v) is 14.1. The van der Waals surface area contributed by atoms with E-state index >= 15 is 0 Å². The average Bonchev–Trinajstić information content (AvgIpc) is 2.53. The van der Waals surface area contributed by atoms with Gasteiger partial charge in [-0.3, -0.25) is 9.59 Å². The Kier molecular flexibility index (Phi) is 6.28. The molecule has 2 N–H and O–H groups in total. The summed E-state index contributed by atoms with van der Waals surface area (Å²) in [7, 11) is 1.58. The van der Waals surface area contributed by atoms with Gasteiger partial charge in [0.2, 0.25) is 11.8 Å². The van der Waals surface area contributed by atoms with Gasteiger partial charge in [0.05, 0.1) is 12.1 Å². The van der Waals surface area contributed by atoms with Crippen molar-refractivity contribution < 1.29 is 14.3 Å². The van der Waals surface area contributed by atoms with Crippen LogP contribution in [0.25, 0.3) is 0 Å². The van der Waals surface area contributed by atoms with Crippen LogP contribution in [0.2, 0.25) is 5.02 Å². The predicted octanol–water partition coefficient (Wildman–Crippen LogP) is 2.40. The number of hydrogen-bond acceptors (Lipinski definition) is 3. The first-order chi connectivity index (χ1) is 11.0. The van der Waals surface area contributed by atoms with Crippen LogP contribution in [0.1, 0.15) is 31.2 Å². The lowest BCUT2D eigenvalue weighted by Gasteiger charge is -2.31. The lowest BCUT2D eigenvalue weighted by atomic mass is 9.93. The molecule has 1 aliphatic heterocycles. The SMILES string of the molecule is COc1ccc(CCC(=O)N2CCC(CC(N)=O)CC2)cc1Cl. The molecular weight excluding hydrogens is 316 g/mol. The molecule has 0 bridgehead atoms. The maximum Gasteiger partial charge on any atom is 0.222 e. The highest BCUT2D eigenvalue weighted by Crippen LogP contribution is 2.26. The van der Waals surface area contributed by atoms with Gasteiger partial charge in [-0.05, 0) is 42.9 Å². The lowest BCUT2D eigenvalue weighted by molar-refractivity contribution is -0.132. The van der Waals surface area contributed by atoms with Crippen molar-refractivity contribution in [2.45, 2.75) is 32.1 Å². The maximum atomic E-state index is 12.3. The Morgan fingerprint density at radius 2 is 2.04 bits per heavy atom. The monoisotopic (exact) mass is 338 g/mol. The number of methoxy groups -OCH3 is 1. The van der Waals surface area contributed by atoms with Gasteiger partial charge >= 0.3 is 0 Å². The standard InChI is InChI=1S/C17H23ClN2O3/c1-23-15-4-2-12(10-14(15)18)3-5-17(22)20-8-6-13(7-9-20)11-16(19)21/h2,4,10,13H,3,5-9,11H2,1H3,(H2,19,21). The van der Waals surface area contributed by atoms with Crippen molar-refractivity contribution in [3.63, 3.8) is 0 Å². The number of amides is 2. The lowest BCUT2D eigenvalue weighted by Crippen LogP contribution is -2.39. The highest BCUT2D eigenvalue weighted by molar-refractivity contribution is 6.32. The normalized spacial score (nSPS) is 15.5. The quantitative estimate of drug-likeness (QED) is 0.865. The molecule has 5 nitrogen and oxygen atoms in total. The zero-order valence-electron chi connectivity index (χ0n) is 13.4. The van der Waals surface area contributed by atoms with Crippen molar-refractivity contribution in [2.24, 2.45) is 11.7 Å². The molecule has 2 rings (SSSR count). The van der Waals surface area contributed by atoms with Crippen LogP contribution in [0.15, 0.2) is 18.2 Å². The van der Waals surface area contributed by atoms with Crippen LogP contribution in [0.5, 0.6) is 5.75 Å². The molecule has 0 radical (unpaired) electrons. The summed E-state index contributed by atoms with van der Waals surface area (Å²) in [4.78, 5) is 25.1. The van der Waals surface area contributed by atoms with Crippen LogP contribution in [-0.4, -0.2) is 36.9 Å². The minimum absolute atomic E-state index is 0.148. The Bertz CT molecular complexity index is 569. The van der Waals surface area contributed by atoms with Crippen LogP contribution in [0, 0.1) is 5.92 Å². The van der Waals surface area contributed by atoms with Gasteiger partial charge in [-0.25, -0.2) is 0 Å². The number of ether oxygens (including phenoxy) is 1. The third-order valence-electron chi connectivity index (χ3n) is 4.30. The smallest absolute Gasteiger partial charge is 0.222 e. The maximum absolute atomic E-state index is 12.3. The molecule has 1 aromatic carbocycles. The molecule has 126 valence electrons. The van der Waals surface area contributed by atoms with E-state index in [0.29, 0.717) is 49.0 Å². The van der Waals surface area contributed by atoms with E-state index in [0.717, 1.165) is 18.4 Å². The van der Waals surface area contributed by atoms with E-state index in [2.05, 4.69) is 0 Å². The van der Waals surface area contributed by atoms with Crippen molar-refractivity contribution >= 4 is 23.4 Å². The summed E-state index contributed by atoms with van der Waals surface area (Å²) in [6.45, 7) is 1.42. The molecule has 1 aromatic rings. The molecule has 0 unspecified atom stereocenters. The number of primary amides is 1. The Morgan fingerprint density at radius 1 is 1.35 bits per heavy atom. The van der Waals surface area contributed by atoms with Crippen molar-refractivity contribution in [3.05, 3.63) is 28.8 Å². The number of halogens is 1. The second-order valence-corrected chi connectivity index (χ2v) is 6.37. The van der Waals surface area contributed by atoms with Gasteiger partial charge in [-0.2, -0.15) is 0 Å². The van der Waals surface area contributed by atoms with Gasteiger partial charge in [0.25, 0.3) is 0 Å². The van der Waals surface area contributed by atoms with Crippen LogP contribution < -0.4 is 10.5 Å². The third kappa shape index (κ3) is 5.13. The summed E-state index contributed by atoms with van der Waals surface area (Å²) in [5, 5.41) is 0.560. The van der Waals surface area contributed by atoms with E-state index < -0.39 is 0 Å². The van der Waals surface area contributed by atoms with Crippen LogP contribution in [0.3, 0.4) is 0 Å². The highest BCUT2D eigenvalue weighted by atomic mass is 35.5. The minimum Gasteiger partial charge on any atom is -0.495 e. The summed E-state index contributed by atoms with van der Waals surface area (Å²) >= 11 is 6.09. The third-order valence-corrected chi connectivity index (χ3v) is 4.60. The number of rotatable bonds is 6. The molecule has 6 heteroatoms. The fourth-order valence-corrected chi connectivity index (χ4v) is 3.23. The van der Waals surface area contributed by atoms with E-state index in [1.807, 2.05) is 23.1 Å². The number of piperidine rings is 1. The number of carbonyl (C=O) groups excluding carboxylic acids is 2. The fourth-order valence-electron chi connectivity index (χ4n) is 2.95. The van der Waals surface area contributed by atoms with Crippen LogP contribution >= 0.6 is 11.6 Å². The Labute approximate surface area is 141 Å². The summed E-state index contributed by atoms with van der Waals surface area (Å²) in [5.41, 5.74) is 6.24. The van der Waals surface area contributed by atoms with E-state index in [1.54, 1.807) is 7.11 Å². The van der Waals surface area contributed by atoms with Crippen LogP contribution in [-0.2, 0) is 16.0 Å². The molecule has 2 amide bonds. The molecule has 0 aliphatic carbocycles. The first-order valence-electron chi connectivity index (χ1n) is 7.88. The molecule has 0 spiro atoms. The number of hydrogen-bond donors (Lipinski definition) is 1. The van der Waals surface area contributed by atoms with E-state index in [1.165, 1.54) is 0 Å². The minimum atomic E-state index is -0.258. The molecule has 1 aliphatic rings. The summed E-state index contributed by atoms with van der Waals surface area (Å²) in [6.07, 6.45) is 3.24. The first-order valence-corrected chi connectivity index (χ1v) is 8.26. The van der Waals surface area contributed by atoms with Crippen molar-refractivity contribution in [3.8, 4) is 5.75 Å². The van der Waals surface area contributed by atoms with Gasteiger partial charge in [0.1, 0.15) is 5.75 Å². The average molecular weight is 339 g/mol. The summed E-state index contributed by atoms with van der Waals surface area (Å²) in [5.74, 6) is 0.843. The molecular formula is C17H23ClN2O3. The van der Waals surface area contributed by atoms with E-state index in [4.69, 9.17) is 22.1 Å². The van der Waals surface area contributed by atoms with Crippen molar-refractivity contribution in [2.75, 3.05) is 20.2 Å². The molecule has 0 atom stereocenters. The number of nitrogens with zero attached hydrogens (tertiary/aromatic N) is 1. The topological polar surface area (TPSA) is 72.6 Å². The largest absolute Gasteiger partial charge is 0.495 e. The molecule has 0 saturated carbocycles. The molecule has 1 heterocycles. The van der Waals surface area contributed by atoms with Gasteiger partial charge in [-0.15, -0.1) is 0 Å². The Hall–Kier alpha value is -1.75. The number of aryl methyl sites for hydroxylation is 1. The second kappa shape index (κ2) is 8.20. The zero-order chi connectivity index (χ0) is 16.8. The van der Waals surface area contributed by atoms with Gasteiger partial charge in [0.15, 0.2) is 0 Å². The summed E-state index contributed by atoms with van der Waals surface area (Å²) in [6, 6.07) is 5.58. The second-order valence-electron chi connectivity index (χ2n) is 5.96. The predicted molar refractivity (Wildman–Crippen MR) is 89.4 cm³/mol. The summed E-state index contributed by atoms with van der Waals surface area (Å²) < 4.78 is 5.12. The molecule has 23 heavy (non-hydrogen) atoms. The van der Waals surface area contributed by atoms with Crippen molar-refractivity contribution in [1.82, 2.24) is 4.90 Å². The van der Waals surface area contributed by atoms with E-state index in [9.17, 15) is 9.59 Å². The Morgan fingerprint density at radius 3 is 2.61 bits per heavy atom. The first kappa shape index (κ1) is 17.6. The van der Waals surface area contributed by atoms with E-state index in [-0.39, 0.29) is 11.8 Å². The molecule has 0 aromatic heterocycles. The van der Waals surface area contributed by atoms with Crippen molar-refractivity contribution in [1.29, 1.82) is 0 Å². The fraction of sp³-hybridized carbons (Fsp3) is 0.529. The highest BCUT2D eigenvalue weighted by Gasteiger charge is 2.23. The van der Waals surface area contributed by atoms with Crippen LogP contribution in [0.4, 0.5) is 0 Å². The number of benzene rings is 1. The van der Waals surface area contributed by atoms with Gasteiger partial charge < -0.3 is 15.4 Å². The Balaban J connectivity index is 1.79. The number of likely N-dealkylation sites (tertiary alicyclic amines) is 1. The van der Waals surface area contributed by atoms with Gasteiger partial charge in [-0.1, -0.05) is 17.7 Å². The number of carbonyl (C=O) groups is 2. The molecule has 1 saturated heterocycles. The van der Waals surface area contributed by atoms with Gasteiger partial charge in [0, 0.05) is 25.9 Å². The molecule has 1 fully saturated rings.